The summed E-state index contributed by atoms with van der Waals surface area (Å²) in [5.74, 6) is -1.81. The summed E-state index contributed by atoms with van der Waals surface area (Å²) in [5.41, 5.74) is 0. The normalized spacial score (nSPS) is 19.2. The van der Waals surface area contributed by atoms with Crippen LogP contribution in [0.5, 0.6) is 0 Å². The number of ether oxygens (including phenoxy) is 1. The maximum absolute atomic E-state index is 11.8. The molecule has 1 rings (SSSR count). The fraction of sp³-hybridized carbons (Fsp3) is 0.818. The van der Waals surface area contributed by atoms with Gasteiger partial charge >= 0.3 is 5.97 Å². The Kier molecular flexibility index (Phi) is 5.28. The molecule has 0 saturated carbocycles. The van der Waals surface area contributed by atoms with Crippen LogP contribution in [0.15, 0.2) is 0 Å². The van der Waals surface area contributed by atoms with Gasteiger partial charge < -0.3 is 15.2 Å². The highest BCUT2D eigenvalue weighted by Crippen LogP contribution is 2.13. The lowest BCUT2D eigenvalue weighted by molar-refractivity contribution is -0.139. The van der Waals surface area contributed by atoms with Crippen molar-refractivity contribution in [2.75, 3.05) is 19.0 Å². The third-order valence-corrected chi connectivity index (χ3v) is 4.77. The Morgan fingerprint density at radius 3 is 2.44 bits per heavy atom. The summed E-state index contributed by atoms with van der Waals surface area (Å²) < 4.78 is 15.6. The molecule has 18 heavy (non-hydrogen) atoms. The van der Waals surface area contributed by atoms with Gasteiger partial charge in [0.15, 0.2) is 0 Å². The predicted molar refractivity (Wildman–Crippen MR) is 66.7 cm³/mol. The predicted octanol–water partition coefficient (Wildman–Crippen LogP) is -0.106. The first-order chi connectivity index (χ1) is 8.34. The molecule has 104 valence electrons. The van der Waals surface area contributed by atoms with Gasteiger partial charge in [0.1, 0.15) is 10.5 Å². The number of nitrogens with one attached hydrogen (secondary N) is 1. The summed E-state index contributed by atoms with van der Waals surface area (Å²) >= 11 is 0. The van der Waals surface area contributed by atoms with Crippen LogP contribution < -0.4 is 5.32 Å². The molecule has 1 amide bonds. The first kappa shape index (κ1) is 15.1. The summed E-state index contributed by atoms with van der Waals surface area (Å²) in [4.78, 5) is 22.5. The molecular formula is C11H19NO5S. The maximum atomic E-state index is 11.8. The van der Waals surface area contributed by atoms with E-state index in [4.69, 9.17) is 9.84 Å². The number of carboxylic acids is 1. The molecule has 1 aliphatic heterocycles. The van der Waals surface area contributed by atoms with Gasteiger partial charge in [0.2, 0.25) is 5.91 Å². The Morgan fingerprint density at radius 2 is 1.94 bits per heavy atom. The van der Waals surface area contributed by atoms with Gasteiger partial charge in [-0.15, -0.1) is 0 Å². The summed E-state index contributed by atoms with van der Waals surface area (Å²) in [7, 11) is -1.74. The van der Waals surface area contributed by atoms with E-state index in [1.807, 2.05) is 0 Å². The highest BCUT2D eigenvalue weighted by Gasteiger charge is 2.35. The molecule has 0 spiro atoms. The highest BCUT2D eigenvalue weighted by atomic mass is 32.2. The van der Waals surface area contributed by atoms with Crippen molar-refractivity contribution in [2.45, 2.75) is 37.5 Å². The third-order valence-electron chi connectivity index (χ3n) is 2.93. The molecule has 1 heterocycles. The fourth-order valence-electron chi connectivity index (χ4n) is 1.51. The molecule has 0 aromatic carbocycles. The number of carboxylic acid groups (broad SMARTS) is 1. The Bertz CT molecular complexity index is 349. The van der Waals surface area contributed by atoms with Crippen molar-refractivity contribution in [1.29, 1.82) is 0 Å². The Labute approximate surface area is 109 Å². The van der Waals surface area contributed by atoms with E-state index >= 15 is 0 Å². The van der Waals surface area contributed by atoms with Gasteiger partial charge in [0.05, 0.1) is 0 Å². The van der Waals surface area contributed by atoms with Crippen LogP contribution in [0, 0.1) is 0 Å². The van der Waals surface area contributed by atoms with E-state index in [-0.39, 0.29) is 17.7 Å². The zero-order chi connectivity index (χ0) is 13.8. The lowest BCUT2D eigenvalue weighted by Gasteiger charge is -2.24. The van der Waals surface area contributed by atoms with Crippen LogP contribution in [-0.2, 0) is 25.1 Å². The van der Waals surface area contributed by atoms with Gasteiger partial charge in [-0.1, -0.05) is 0 Å². The molecule has 2 N–H and O–H groups in total. The molecule has 7 heteroatoms. The van der Waals surface area contributed by atoms with E-state index in [1.54, 1.807) is 0 Å². The summed E-state index contributed by atoms with van der Waals surface area (Å²) in [6.07, 6.45) is 1.47. The molecule has 0 aromatic heterocycles. The highest BCUT2D eigenvalue weighted by molar-refractivity contribution is 7.87. The Morgan fingerprint density at radius 1 is 1.39 bits per heavy atom. The average Bonchev–Trinajstić information content (AvgIpc) is 2.29. The van der Waals surface area contributed by atoms with Crippen LogP contribution in [0.3, 0.4) is 0 Å². The van der Waals surface area contributed by atoms with Crippen molar-refractivity contribution < 1.29 is 23.6 Å². The largest absolute Gasteiger partial charge is 0.480 e. The average molecular weight is 277 g/mol. The lowest BCUT2D eigenvalue weighted by Crippen LogP contribution is -2.45. The Hall–Kier alpha value is -0.950. The van der Waals surface area contributed by atoms with E-state index in [9.17, 15) is 13.8 Å². The number of hydrogen-bond donors (Lipinski definition) is 2. The minimum atomic E-state index is -1.74. The zero-order valence-electron chi connectivity index (χ0n) is 10.6. The van der Waals surface area contributed by atoms with Crippen LogP contribution in [0.2, 0.25) is 0 Å². The van der Waals surface area contributed by atoms with Crippen LogP contribution in [0.25, 0.3) is 0 Å². The second-order valence-electron chi connectivity index (χ2n) is 4.76. The second-order valence-corrected chi connectivity index (χ2v) is 6.76. The molecule has 0 aromatic rings. The molecule has 1 saturated heterocycles. The van der Waals surface area contributed by atoms with E-state index < -0.39 is 21.5 Å². The van der Waals surface area contributed by atoms with Gasteiger partial charge in [-0.25, -0.2) is 0 Å². The fourth-order valence-corrected chi connectivity index (χ4v) is 2.39. The van der Waals surface area contributed by atoms with Crippen LogP contribution in [0.1, 0.15) is 26.7 Å². The number of rotatable bonds is 5. The van der Waals surface area contributed by atoms with Crippen molar-refractivity contribution >= 4 is 22.7 Å². The van der Waals surface area contributed by atoms with Gasteiger partial charge in [-0.3, -0.25) is 13.8 Å². The van der Waals surface area contributed by atoms with Crippen LogP contribution in [0.4, 0.5) is 0 Å². The molecule has 0 bridgehead atoms. The standard InChI is InChI=1S/C11H19NO5S/c1-11(2,10(14)15)18(16)7-9(13)12-8-3-5-17-6-4-8/h8H,3-7H2,1-2H3,(H,12,13)(H,14,15). The molecular weight excluding hydrogens is 258 g/mol. The quantitative estimate of drug-likeness (QED) is 0.731. The summed E-state index contributed by atoms with van der Waals surface area (Å²) in [5, 5.41) is 11.7. The molecule has 1 unspecified atom stereocenters. The molecule has 1 aliphatic rings. The number of carbonyl (C=O) groups is 2. The lowest BCUT2D eigenvalue weighted by atomic mass is 10.1. The molecule has 0 aliphatic carbocycles. The number of aliphatic carboxylic acids is 1. The van der Waals surface area contributed by atoms with E-state index in [0.717, 1.165) is 12.8 Å². The second kappa shape index (κ2) is 6.29. The topological polar surface area (TPSA) is 92.7 Å². The number of amides is 1. The van der Waals surface area contributed by atoms with Crippen molar-refractivity contribution in [3.63, 3.8) is 0 Å². The summed E-state index contributed by atoms with van der Waals surface area (Å²) in [6, 6.07) is 0.0381. The first-order valence-electron chi connectivity index (χ1n) is 5.83. The van der Waals surface area contributed by atoms with E-state index in [2.05, 4.69) is 5.32 Å². The van der Waals surface area contributed by atoms with Gasteiger partial charge in [-0.2, -0.15) is 0 Å². The molecule has 1 fully saturated rings. The van der Waals surface area contributed by atoms with Crippen LogP contribution in [-0.4, -0.2) is 50.9 Å². The van der Waals surface area contributed by atoms with E-state index in [1.165, 1.54) is 13.8 Å². The minimum absolute atomic E-state index is 0.0381. The van der Waals surface area contributed by atoms with Gasteiger partial charge in [0, 0.05) is 30.1 Å². The zero-order valence-corrected chi connectivity index (χ0v) is 11.4. The van der Waals surface area contributed by atoms with Gasteiger partial charge in [-0.05, 0) is 26.7 Å². The Balaban J connectivity index is 2.44. The van der Waals surface area contributed by atoms with Crippen molar-refractivity contribution in [3.8, 4) is 0 Å². The first-order valence-corrected chi connectivity index (χ1v) is 7.15. The van der Waals surface area contributed by atoms with Crippen LogP contribution >= 0.6 is 0 Å². The maximum Gasteiger partial charge on any atom is 0.321 e. The number of carbonyl (C=O) groups excluding carboxylic acids is 1. The smallest absolute Gasteiger partial charge is 0.321 e. The summed E-state index contributed by atoms with van der Waals surface area (Å²) in [6.45, 7) is 3.92. The SMILES string of the molecule is CC(C)(C(=O)O)S(=O)CC(=O)NC1CCOCC1. The number of hydrogen-bond acceptors (Lipinski definition) is 4. The molecule has 0 radical (unpaired) electrons. The monoisotopic (exact) mass is 277 g/mol. The van der Waals surface area contributed by atoms with Crippen molar-refractivity contribution in [3.05, 3.63) is 0 Å². The minimum Gasteiger partial charge on any atom is -0.480 e. The third kappa shape index (κ3) is 4.06. The molecule has 6 nitrogen and oxygen atoms in total. The van der Waals surface area contributed by atoms with Gasteiger partial charge in [0.25, 0.3) is 0 Å². The van der Waals surface area contributed by atoms with Crippen molar-refractivity contribution in [2.24, 2.45) is 0 Å². The van der Waals surface area contributed by atoms with Crippen molar-refractivity contribution in [1.82, 2.24) is 5.32 Å². The molecule has 1 atom stereocenters. The van der Waals surface area contributed by atoms with E-state index in [0.29, 0.717) is 13.2 Å².